The lowest BCUT2D eigenvalue weighted by Gasteiger charge is -2.33. The highest BCUT2D eigenvalue weighted by molar-refractivity contribution is 6.77. The van der Waals surface area contributed by atoms with Crippen molar-refractivity contribution in [3.05, 3.63) is 0 Å². The Balaban J connectivity index is 4.53. The third-order valence-corrected chi connectivity index (χ3v) is 7.96. The van der Waals surface area contributed by atoms with Gasteiger partial charge in [0.1, 0.15) is 0 Å². The monoisotopic (exact) mass is 175 g/mol. The fourth-order valence-corrected chi connectivity index (χ4v) is 6.00. The molecule has 0 aliphatic carbocycles. The number of rotatable bonds is 3. The Bertz CT molecular complexity index is 97.0. The standard InChI is InChI=1S/C9H21FSi/c1-7(2)11(10,8(3)4)9(5)6/h7-9H,1-6H3/i10-1. The summed E-state index contributed by atoms with van der Waals surface area (Å²) in [6, 6.07) is 0. The summed E-state index contributed by atoms with van der Waals surface area (Å²) in [5, 5.41) is 0. The van der Waals surface area contributed by atoms with Crippen LogP contribution in [0.3, 0.4) is 0 Å². The fourth-order valence-electron chi connectivity index (χ4n) is 2.00. The molecule has 0 aromatic heterocycles. The molecule has 0 aromatic carbocycles. The molecule has 0 rings (SSSR count). The zero-order valence-corrected chi connectivity index (χ0v) is 9.61. The maximum absolute atomic E-state index is 14.3. The highest BCUT2D eigenvalue weighted by Crippen LogP contribution is 2.42. The maximum atomic E-state index is 14.3. The van der Waals surface area contributed by atoms with Crippen molar-refractivity contribution in [1.82, 2.24) is 0 Å². The molecule has 0 amide bonds. The Labute approximate surface area is 71.4 Å². The zero-order valence-electron chi connectivity index (χ0n) is 8.61. The van der Waals surface area contributed by atoms with E-state index in [1.165, 1.54) is 0 Å². The summed E-state index contributed by atoms with van der Waals surface area (Å²) in [4.78, 5) is 0. The first-order valence-corrected chi connectivity index (χ1v) is 6.63. The van der Waals surface area contributed by atoms with Crippen molar-refractivity contribution >= 4 is 8.41 Å². The average molecular weight is 175 g/mol. The highest BCUT2D eigenvalue weighted by atomic mass is 28.4. The van der Waals surface area contributed by atoms with Gasteiger partial charge in [0.25, 0.3) is 8.41 Å². The first-order chi connectivity index (χ1) is 4.83. The van der Waals surface area contributed by atoms with Crippen LogP contribution >= 0.6 is 0 Å². The Morgan fingerprint density at radius 1 is 0.727 bits per heavy atom. The predicted molar refractivity (Wildman–Crippen MR) is 52.2 cm³/mol. The van der Waals surface area contributed by atoms with E-state index in [9.17, 15) is 4.11 Å². The summed E-state index contributed by atoms with van der Waals surface area (Å²) in [5.41, 5.74) is 0.757. The highest BCUT2D eigenvalue weighted by Gasteiger charge is 2.44. The second-order valence-electron chi connectivity index (χ2n) is 4.29. The van der Waals surface area contributed by atoms with E-state index < -0.39 is 8.41 Å². The summed E-state index contributed by atoms with van der Waals surface area (Å²) >= 11 is 0. The minimum atomic E-state index is -2.48. The summed E-state index contributed by atoms with van der Waals surface area (Å²) < 4.78 is 14.3. The van der Waals surface area contributed by atoms with Gasteiger partial charge in [0.2, 0.25) is 0 Å². The van der Waals surface area contributed by atoms with Gasteiger partial charge in [-0.3, -0.25) is 0 Å². The largest absolute Gasteiger partial charge is 0.313 e. The summed E-state index contributed by atoms with van der Waals surface area (Å²) in [6.07, 6.45) is 0. The van der Waals surface area contributed by atoms with Crippen molar-refractivity contribution < 1.29 is 4.11 Å². The van der Waals surface area contributed by atoms with E-state index in [1.54, 1.807) is 0 Å². The van der Waals surface area contributed by atoms with Crippen LogP contribution < -0.4 is 0 Å². The molecule has 0 fully saturated rings. The van der Waals surface area contributed by atoms with Gasteiger partial charge in [-0.2, -0.15) is 0 Å². The molecule has 0 nitrogen and oxygen atoms in total. The third kappa shape index (κ3) is 2.05. The third-order valence-electron chi connectivity index (χ3n) is 2.65. The Kier molecular flexibility index (Phi) is 3.75. The van der Waals surface area contributed by atoms with E-state index in [0.717, 1.165) is 0 Å². The molecule has 0 atom stereocenters. The Morgan fingerprint density at radius 2 is 0.909 bits per heavy atom. The van der Waals surface area contributed by atoms with Crippen LogP contribution in [0.15, 0.2) is 0 Å². The molecule has 0 aliphatic heterocycles. The van der Waals surface area contributed by atoms with Gasteiger partial charge < -0.3 is 4.11 Å². The Hall–Kier alpha value is 0.147. The van der Waals surface area contributed by atoms with Crippen LogP contribution in [0.4, 0.5) is 4.11 Å². The molecule has 68 valence electrons. The predicted octanol–water partition coefficient (Wildman–Crippen LogP) is 4.13. The molecule has 0 N–H and O–H groups in total. The van der Waals surface area contributed by atoms with E-state index in [4.69, 9.17) is 0 Å². The molecule has 0 saturated heterocycles. The second-order valence-corrected chi connectivity index (χ2v) is 9.41. The van der Waals surface area contributed by atoms with Crippen LogP contribution in [-0.4, -0.2) is 8.41 Å². The van der Waals surface area contributed by atoms with Gasteiger partial charge in [-0.1, -0.05) is 41.5 Å². The van der Waals surface area contributed by atoms with Crippen LogP contribution in [-0.2, 0) is 0 Å². The average Bonchev–Trinajstić information content (AvgIpc) is 1.84. The fraction of sp³-hybridized carbons (Fsp3) is 1.00. The lowest BCUT2D eigenvalue weighted by Crippen LogP contribution is -2.39. The normalized spacial score (nSPS) is 13.6. The van der Waals surface area contributed by atoms with Crippen LogP contribution in [0, 0.1) is 0 Å². The molecule has 2 heteroatoms. The molecule has 0 spiro atoms. The molecule has 11 heavy (non-hydrogen) atoms. The van der Waals surface area contributed by atoms with Crippen LogP contribution in [0.5, 0.6) is 0 Å². The van der Waals surface area contributed by atoms with E-state index >= 15 is 0 Å². The number of halogens is 1. The quantitative estimate of drug-likeness (QED) is 0.447. The van der Waals surface area contributed by atoms with Gasteiger partial charge >= 0.3 is 0 Å². The lowest BCUT2D eigenvalue weighted by atomic mass is 10.5. The smallest absolute Gasteiger partial charge is 0.254 e. The molecule has 0 aromatic rings. The van der Waals surface area contributed by atoms with Gasteiger partial charge in [-0.05, 0) is 16.6 Å². The van der Waals surface area contributed by atoms with Crippen molar-refractivity contribution in [3.8, 4) is 0 Å². The van der Waals surface area contributed by atoms with Crippen LogP contribution in [0.25, 0.3) is 0 Å². The van der Waals surface area contributed by atoms with Gasteiger partial charge in [-0.15, -0.1) is 0 Å². The van der Waals surface area contributed by atoms with Gasteiger partial charge in [0, 0.05) is 0 Å². The van der Waals surface area contributed by atoms with Gasteiger partial charge in [0.05, 0.1) is 0 Å². The van der Waals surface area contributed by atoms with E-state index in [0.29, 0.717) is 0 Å². The van der Waals surface area contributed by atoms with Gasteiger partial charge in [-0.25, -0.2) is 0 Å². The molecular formula is C9H21FSi. The van der Waals surface area contributed by atoms with Crippen molar-refractivity contribution in [2.75, 3.05) is 0 Å². The first-order valence-electron chi connectivity index (χ1n) is 4.52. The minimum Gasteiger partial charge on any atom is -0.313 e. The maximum Gasteiger partial charge on any atom is 0.254 e. The van der Waals surface area contributed by atoms with Crippen molar-refractivity contribution in [2.45, 2.75) is 58.2 Å². The topological polar surface area (TPSA) is 0 Å². The number of hydrogen-bond donors (Lipinski definition) is 0. The van der Waals surface area contributed by atoms with Crippen LogP contribution in [0.2, 0.25) is 16.6 Å². The summed E-state index contributed by atoms with van der Waals surface area (Å²) in [7, 11) is -2.48. The summed E-state index contributed by atoms with van der Waals surface area (Å²) in [5.74, 6) is 0. The van der Waals surface area contributed by atoms with Crippen molar-refractivity contribution in [3.63, 3.8) is 0 Å². The molecule has 0 radical (unpaired) electrons. The molecule has 0 heterocycles. The first kappa shape index (κ1) is 11.1. The number of hydrogen-bond acceptors (Lipinski definition) is 0. The molecule has 0 bridgehead atoms. The molecule has 0 aliphatic rings. The van der Waals surface area contributed by atoms with E-state index in [-0.39, 0.29) is 16.6 Å². The van der Waals surface area contributed by atoms with Gasteiger partial charge in [0.15, 0.2) is 0 Å². The summed E-state index contributed by atoms with van der Waals surface area (Å²) in [6.45, 7) is 12.1. The second kappa shape index (κ2) is 3.70. The van der Waals surface area contributed by atoms with Crippen molar-refractivity contribution in [1.29, 1.82) is 0 Å². The van der Waals surface area contributed by atoms with Crippen LogP contribution in [0.1, 0.15) is 41.5 Å². The Morgan fingerprint density at radius 3 is 0.909 bits per heavy atom. The van der Waals surface area contributed by atoms with E-state index in [2.05, 4.69) is 0 Å². The van der Waals surface area contributed by atoms with Crippen molar-refractivity contribution in [2.24, 2.45) is 0 Å². The van der Waals surface area contributed by atoms with E-state index in [1.807, 2.05) is 41.5 Å². The lowest BCUT2D eigenvalue weighted by molar-refractivity contribution is 0.632. The SMILES string of the molecule is CC(C)[Si]([18F])(C(C)C)C(C)C. The molecular weight excluding hydrogens is 154 g/mol. The zero-order chi connectivity index (χ0) is 9.23. The molecule has 0 saturated carbocycles. The minimum absolute atomic E-state index is 0.252. The molecule has 0 unspecified atom stereocenters.